The molecule has 0 fully saturated rings. The third-order valence-electron chi connectivity index (χ3n) is 2.48. The fourth-order valence-corrected chi connectivity index (χ4v) is 2.10. The van der Waals surface area contributed by atoms with Crippen LogP contribution in [0.4, 0.5) is 5.69 Å². The second-order valence-corrected chi connectivity index (χ2v) is 5.18. The largest absolute Gasteiger partial charge is 0.320 e. The van der Waals surface area contributed by atoms with Crippen LogP contribution < -0.4 is 5.32 Å². The van der Waals surface area contributed by atoms with Gasteiger partial charge in [-0.05, 0) is 52.7 Å². The van der Waals surface area contributed by atoms with Crippen LogP contribution in [0.5, 0.6) is 0 Å². The van der Waals surface area contributed by atoms with E-state index in [-0.39, 0.29) is 5.91 Å². The van der Waals surface area contributed by atoms with Crippen molar-refractivity contribution >= 4 is 40.2 Å². The molecule has 0 saturated heterocycles. The Bertz CT molecular complexity index is 601. The number of hydrogen-bond donors (Lipinski definition) is 2. The monoisotopic (exact) mass is 322 g/mol. The van der Waals surface area contributed by atoms with Gasteiger partial charge in [0.1, 0.15) is 0 Å². The summed E-state index contributed by atoms with van der Waals surface area (Å²) < 4.78 is 0.736. The molecule has 18 heavy (non-hydrogen) atoms. The molecule has 0 spiro atoms. The first-order valence-electron chi connectivity index (χ1n) is 5.28. The fraction of sp³-hybridized carbons (Fsp3) is 0.0769. The van der Waals surface area contributed by atoms with Crippen molar-refractivity contribution in [3.8, 4) is 0 Å². The van der Waals surface area contributed by atoms with Crippen LogP contribution in [0.1, 0.15) is 15.9 Å². The number of aromatic nitrogens is 1. The van der Waals surface area contributed by atoms with E-state index >= 15 is 0 Å². The van der Waals surface area contributed by atoms with Crippen LogP contribution in [0.3, 0.4) is 0 Å². The summed E-state index contributed by atoms with van der Waals surface area (Å²) in [4.78, 5) is 16.9. The van der Waals surface area contributed by atoms with Gasteiger partial charge in [0.05, 0.1) is 17.4 Å². The Morgan fingerprint density at radius 2 is 2.17 bits per heavy atom. The molecule has 92 valence electrons. The number of carbonyl (C=O) groups is 1. The Morgan fingerprint density at radius 3 is 2.89 bits per heavy atom. The maximum absolute atomic E-state index is 12.1. The van der Waals surface area contributed by atoms with Crippen LogP contribution in [-0.4, -0.2) is 10.9 Å². The van der Waals surface area contributed by atoms with E-state index in [0.717, 1.165) is 14.9 Å². The lowest BCUT2D eigenvalue weighted by Crippen LogP contribution is -2.13. The third-order valence-corrected chi connectivity index (χ3v) is 3.45. The summed E-state index contributed by atoms with van der Waals surface area (Å²) in [6.45, 7) is 1.92. The van der Waals surface area contributed by atoms with Gasteiger partial charge in [-0.2, -0.15) is 0 Å². The normalized spacial score (nSPS) is 10.2. The highest BCUT2D eigenvalue weighted by atomic mass is 79.9. The molecule has 0 aliphatic carbocycles. The quantitative estimate of drug-likeness (QED) is 0.828. The smallest absolute Gasteiger partial charge is 0.256 e. The molecule has 0 radical (unpaired) electrons. The van der Waals surface area contributed by atoms with Crippen molar-refractivity contribution in [2.75, 3.05) is 5.32 Å². The number of aryl methyl sites for hydroxylation is 1. The number of benzene rings is 1. The van der Waals surface area contributed by atoms with E-state index in [2.05, 4.69) is 38.9 Å². The van der Waals surface area contributed by atoms with Gasteiger partial charge < -0.3 is 5.32 Å². The average Bonchev–Trinajstić information content (AvgIpc) is 2.35. The van der Waals surface area contributed by atoms with Crippen LogP contribution in [0.15, 0.2) is 46.0 Å². The predicted molar refractivity (Wildman–Crippen MR) is 78.3 cm³/mol. The van der Waals surface area contributed by atoms with E-state index in [1.54, 1.807) is 24.5 Å². The van der Waals surface area contributed by atoms with Gasteiger partial charge in [-0.1, -0.05) is 0 Å². The topological polar surface area (TPSA) is 42.0 Å². The molecular weight excluding hydrogens is 312 g/mol. The zero-order chi connectivity index (χ0) is 13.1. The zero-order valence-corrected chi connectivity index (χ0v) is 12.1. The van der Waals surface area contributed by atoms with Crippen LogP contribution in [-0.2, 0) is 0 Å². The molecule has 2 aromatic rings. The van der Waals surface area contributed by atoms with Crippen LogP contribution in [0.25, 0.3) is 0 Å². The summed E-state index contributed by atoms with van der Waals surface area (Å²) in [5.74, 6) is -0.186. The molecule has 1 N–H and O–H groups in total. The summed E-state index contributed by atoms with van der Waals surface area (Å²) in [6.07, 6.45) is 3.32. The molecule has 1 aromatic heterocycles. The number of amides is 1. The van der Waals surface area contributed by atoms with E-state index in [1.165, 1.54) is 0 Å². The summed E-state index contributed by atoms with van der Waals surface area (Å²) in [6, 6.07) is 7.18. The van der Waals surface area contributed by atoms with Crippen LogP contribution in [0, 0.1) is 6.92 Å². The number of pyridine rings is 1. The lowest BCUT2D eigenvalue weighted by molar-refractivity contribution is 0.102. The molecule has 0 aliphatic heterocycles. The van der Waals surface area contributed by atoms with Crippen LogP contribution in [0.2, 0.25) is 0 Å². The highest BCUT2D eigenvalue weighted by Gasteiger charge is 2.11. The Morgan fingerprint density at radius 1 is 1.39 bits per heavy atom. The summed E-state index contributed by atoms with van der Waals surface area (Å²) in [5.41, 5.74) is 2.22. The first kappa shape index (κ1) is 13.1. The van der Waals surface area contributed by atoms with Gasteiger partial charge in [0, 0.05) is 15.6 Å². The molecule has 0 saturated carbocycles. The second-order valence-electron chi connectivity index (χ2n) is 3.81. The van der Waals surface area contributed by atoms with Crippen molar-refractivity contribution in [2.45, 2.75) is 11.8 Å². The highest BCUT2D eigenvalue weighted by molar-refractivity contribution is 9.10. The first-order chi connectivity index (χ1) is 8.58. The van der Waals surface area contributed by atoms with Crippen molar-refractivity contribution in [1.29, 1.82) is 0 Å². The summed E-state index contributed by atoms with van der Waals surface area (Å²) in [7, 11) is 0. The van der Waals surface area contributed by atoms with Crippen LogP contribution >= 0.6 is 28.6 Å². The van der Waals surface area contributed by atoms with E-state index in [1.807, 2.05) is 19.1 Å². The molecule has 1 amide bonds. The zero-order valence-electron chi connectivity index (χ0n) is 9.64. The lowest BCUT2D eigenvalue weighted by atomic mass is 10.2. The molecule has 0 aliphatic rings. The van der Waals surface area contributed by atoms with Gasteiger partial charge in [0.15, 0.2) is 0 Å². The fourth-order valence-electron chi connectivity index (χ4n) is 1.47. The van der Waals surface area contributed by atoms with E-state index in [4.69, 9.17) is 0 Å². The maximum atomic E-state index is 12.1. The molecule has 3 nitrogen and oxygen atoms in total. The number of nitrogens with zero attached hydrogens (tertiary/aromatic N) is 1. The summed E-state index contributed by atoms with van der Waals surface area (Å²) >= 11 is 7.58. The lowest BCUT2D eigenvalue weighted by Gasteiger charge is -2.09. The average molecular weight is 323 g/mol. The van der Waals surface area contributed by atoms with Crippen molar-refractivity contribution in [3.05, 3.63) is 52.3 Å². The molecule has 1 heterocycles. The second kappa shape index (κ2) is 5.54. The summed E-state index contributed by atoms with van der Waals surface area (Å²) in [5, 5.41) is 2.83. The molecular formula is C13H11BrN2OS. The van der Waals surface area contributed by atoms with Crippen molar-refractivity contribution < 1.29 is 4.79 Å². The number of nitrogens with one attached hydrogen (secondary N) is 1. The minimum Gasteiger partial charge on any atom is -0.320 e. The number of thiol groups is 1. The third kappa shape index (κ3) is 2.91. The number of anilines is 1. The minimum absolute atomic E-state index is 0.186. The van der Waals surface area contributed by atoms with E-state index < -0.39 is 0 Å². The molecule has 0 bridgehead atoms. The molecule has 1 aromatic carbocycles. The van der Waals surface area contributed by atoms with Crippen molar-refractivity contribution in [2.24, 2.45) is 0 Å². The number of carbonyl (C=O) groups excluding carboxylic acids is 1. The number of rotatable bonds is 2. The minimum atomic E-state index is -0.186. The molecule has 0 unspecified atom stereocenters. The van der Waals surface area contributed by atoms with Gasteiger partial charge in [-0.15, -0.1) is 12.6 Å². The van der Waals surface area contributed by atoms with Gasteiger partial charge >= 0.3 is 0 Å². The Hall–Kier alpha value is -1.33. The molecule has 5 heteroatoms. The maximum Gasteiger partial charge on any atom is 0.256 e. The van der Waals surface area contributed by atoms with E-state index in [9.17, 15) is 4.79 Å². The number of hydrogen-bond acceptors (Lipinski definition) is 3. The molecule has 2 rings (SSSR count). The van der Waals surface area contributed by atoms with Crippen molar-refractivity contribution in [1.82, 2.24) is 4.98 Å². The standard InChI is InChI=1S/C13H11BrN2OS/c1-8-4-5-15-7-12(8)16-13(17)10-6-9(18)2-3-11(10)14/h2-7,18H,1H3,(H,16,17). The van der Waals surface area contributed by atoms with Gasteiger partial charge in [-0.25, -0.2) is 0 Å². The van der Waals surface area contributed by atoms with Gasteiger partial charge in [-0.3, -0.25) is 9.78 Å². The first-order valence-corrected chi connectivity index (χ1v) is 6.52. The Balaban J connectivity index is 2.28. The van der Waals surface area contributed by atoms with Gasteiger partial charge in [0.2, 0.25) is 0 Å². The Kier molecular flexibility index (Phi) is 4.04. The SMILES string of the molecule is Cc1ccncc1NC(=O)c1cc(S)ccc1Br. The molecule has 0 atom stereocenters. The van der Waals surface area contributed by atoms with Gasteiger partial charge in [0.25, 0.3) is 5.91 Å². The van der Waals surface area contributed by atoms with E-state index in [0.29, 0.717) is 11.3 Å². The number of halogens is 1. The predicted octanol–water partition coefficient (Wildman–Crippen LogP) is 3.69. The Labute approximate surface area is 119 Å². The van der Waals surface area contributed by atoms with Crippen molar-refractivity contribution in [3.63, 3.8) is 0 Å². The highest BCUT2D eigenvalue weighted by Crippen LogP contribution is 2.22.